The number of carbonyl (C=O) groups excluding carboxylic acids is 1. The van der Waals surface area contributed by atoms with Crippen molar-refractivity contribution < 1.29 is 9.18 Å². The Balaban J connectivity index is 1.69. The van der Waals surface area contributed by atoms with Crippen LogP contribution in [0.2, 0.25) is 0 Å². The van der Waals surface area contributed by atoms with Gasteiger partial charge in [0.1, 0.15) is 16.9 Å². The summed E-state index contributed by atoms with van der Waals surface area (Å²) in [5, 5.41) is 10.5. The summed E-state index contributed by atoms with van der Waals surface area (Å²) in [7, 11) is 0. The van der Waals surface area contributed by atoms with Crippen LogP contribution in [-0.4, -0.2) is 15.2 Å². The summed E-state index contributed by atoms with van der Waals surface area (Å²) in [6.07, 6.45) is 3.62. The normalized spacial score (nSPS) is 11.7. The average Bonchev–Trinajstić information content (AvgIpc) is 3.36. The fourth-order valence-electron chi connectivity index (χ4n) is 3.83. The van der Waals surface area contributed by atoms with Crippen LogP contribution in [-0.2, 0) is 0 Å². The molecule has 0 bridgehead atoms. The molecule has 154 valence electrons. The molecule has 0 aliphatic carbocycles. The van der Waals surface area contributed by atoms with Crippen LogP contribution in [0.4, 0.5) is 4.39 Å². The highest BCUT2D eigenvalue weighted by molar-refractivity contribution is 7.19. The Bertz CT molecular complexity index is 1540. The van der Waals surface area contributed by atoms with Gasteiger partial charge in [-0.15, -0.1) is 11.3 Å². The zero-order chi connectivity index (χ0) is 22.2. The van der Waals surface area contributed by atoms with E-state index in [0.29, 0.717) is 21.8 Å². The zero-order valence-electron chi connectivity index (χ0n) is 17.0. The summed E-state index contributed by atoms with van der Waals surface area (Å²) < 4.78 is 16.2. The highest BCUT2D eigenvalue weighted by Gasteiger charge is 2.21. The third-order valence-corrected chi connectivity index (χ3v) is 6.46. The molecule has 0 atom stereocenters. The summed E-state index contributed by atoms with van der Waals surface area (Å²) in [6, 6.07) is 21.2. The topological polar surface area (TPSA) is 58.2 Å². The van der Waals surface area contributed by atoms with E-state index in [1.165, 1.54) is 35.6 Å². The summed E-state index contributed by atoms with van der Waals surface area (Å²) in [4.78, 5) is 17.9. The molecule has 2 aromatic carbocycles. The maximum Gasteiger partial charge on any atom is 0.210 e. The predicted octanol–water partition coefficient (Wildman–Crippen LogP) is 6.29. The number of pyridine rings is 1. The van der Waals surface area contributed by atoms with Gasteiger partial charge in [-0.2, -0.15) is 5.26 Å². The lowest BCUT2D eigenvalue weighted by Gasteiger charge is -2.04. The van der Waals surface area contributed by atoms with Crippen molar-refractivity contribution >= 4 is 44.5 Å². The first-order chi connectivity index (χ1) is 15.6. The molecule has 0 aliphatic rings. The average molecular weight is 437 g/mol. The summed E-state index contributed by atoms with van der Waals surface area (Å²) in [6.45, 7) is 1.86. The van der Waals surface area contributed by atoms with E-state index < -0.39 is 5.82 Å². The standard InChI is InChI=1S/C26H16FN3OS/c1-16-20(14-18(15-28)26-29-21-6-2-3-8-23(21)32-26)22-7-4-5-13-30(22)24(16)25(31)17-9-11-19(27)12-10-17/h2-14H,1H3/b18-14-. The molecule has 0 saturated carbocycles. The van der Waals surface area contributed by atoms with Crippen LogP contribution in [0.25, 0.3) is 27.4 Å². The molecular weight excluding hydrogens is 421 g/mol. The Morgan fingerprint density at radius 2 is 1.84 bits per heavy atom. The van der Waals surface area contributed by atoms with E-state index in [4.69, 9.17) is 0 Å². The first kappa shape index (κ1) is 19.9. The number of aromatic nitrogens is 2. The number of nitrogens with zero attached hydrogens (tertiary/aromatic N) is 3. The van der Waals surface area contributed by atoms with Gasteiger partial charge in [-0.05, 0) is 67.1 Å². The van der Waals surface area contributed by atoms with Crippen molar-refractivity contribution in [2.45, 2.75) is 6.92 Å². The second-order valence-electron chi connectivity index (χ2n) is 7.34. The van der Waals surface area contributed by atoms with Crippen LogP contribution in [0.1, 0.15) is 32.2 Å². The van der Waals surface area contributed by atoms with Crippen molar-refractivity contribution in [3.8, 4) is 6.07 Å². The molecule has 0 fully saturated rings. The maximum atomic E-state index is 13.3. The lowest BCUT2D eigenvalue weighted by molar-refractivity contribution is 0.103. The van der Waals surface area contributed by atoms with E-state index >= 15 is 0 Å². The van der Waals surface area contributed by atoms with Gasteiger partial charge in [-0.3, -0.25) is 4.79 Å². The summed E-state index contributed by atoms with van der Waals surface area (Å²) in [5.74, 6) is -0.599. The van der Waals surface area contributed by atoms with Gasteiger partial charge < -0.3 is 4.40 Å². The van der Waals surface area contributed by atoms with Crippen LogP contribution in [0.3, 0.4) is 0 Å². The van der Waals surface area contributed by atoms with Crippen molar-refractivity contribution in [3.05, 3.63) is 106 Å². The first-order valence-corrected chi connectivity index (χ1v) is 10.8. The fraction of sp³-hybridized carbons (Fsp3) is 0.0385. The molecular formula is C26H16FN3OS. The number of allylic oxidation sites excluding steroid dienone is 1. The quantitative estimate of drug-likeness (QED) is 0.245. The molecule has 32 heavy (non-hydrogen) atoms. The number of nitriles is 1. The van der Waals surface area contributed by atoms with E-state index in [0.717, 1.165) is 26.9 Å². The van der Waals surface area contributed by atoms with Gasteiger partial charge in [0.15, 0.2) is 0 Å². The number of thiazole rings is 1. The molecule has 0 radical (unpaired) electrons. The van der Waals surface area contributed by atoms with Crippen LogP contribution in [0, 0.1) is 24.1 Å². The van der Waals surface area contributed by atoms with Crippen molar-refractivity contribution in [1.82, 2.24) is 9.38 Å². The van der Waals surface area contributed by atoms with Crippen molar-refractivity contribution in [2.24, 2.45) is 0 Å². The largest absolute Gasteiger partial charge is 0.313 e. The lowest BCUT2D eigenvalue weighted by atomic mass is 10.0. The van der Waals surface area contributed by atoms with E-state index in [9.17, 15) is 14.4 Å². The third kappa shape index (κ3) is 3.29. The molecule has 5 rings (SSSR count). The molecule has 3 heterocycles. The van der Waals surface area contributed by atoms with E-state index in [1.807, 2.05) is 60.0 Å². The molecule has 0 N–H and O–H groups in total. The molecule has 0 amide bonds. The number of para-hydroxylation sites is 1. The van der Waals surface area contributed by atoms with E-state index in [1.54, 1.807) is 6.08 Å². The van der Waals surface area contributed by atoms with Gasteiger partial charge in [0, 0.05) is 17.3 Å². The van der Waals surface area contributed by atoms with Crippen LogP contribution >= 0.6 is 11.3 Å². The molecule has 4 nitrogen and oxygen atoms in total. The van der Waals surface area contributed by atoms with Gasteiger partial charge in [-0.1, -0.05) is 18.2 Å². The molecule has 0 saturated heterocycles. The van der Waals surface area contributed by atoms with Crippen LogP contribution in [0.15, 0.2) is 72.9 Å². The van der Waals surface area contributed by atoms with Gasteiger partial charge in [0.05, 0.1) is 27.0 Å². The Labute approximate surface area is 187 Å². The second-order valence-corrected chi connectivity index (χ2v) is 8.37. The maximum absolute atomic E-state index is 13.3. The molecule has 0 aliphatic heterocycles. The predicted molar refractivity (Wildman–Crippen MR) is 125 cm³/mol. The van der Waals surface area contributed by atoms with Gasteiger partial charge in [-0.25, -0.2) is 9.37 Å². The molecule has 5 aromatic rings. The first-order valence-electron chi connectivity index (χ1n) is 9.94. The van der Waals surface area contributed by atoms with Crippen molar-refractivity contribution in [1.29, 1.82) is 5.26 Å². The monoisotopic (exact) mass is 437 g/mol. The van der Waals surface area contributed by atoms with E-state index in [2.05, 4.69) is 11.1 Å². The minimum atomic E-state index is -0.392. The summed E-state index contributed by atoms with van der Waals surface area (Å²) >= 11 is 1.46. The number of halogens is 1. The number of hydrogen-bond acceptors (Lipinski definition) is 4. The number of ketones is 1. The van der Waals surface area contributed by atoms with E-state index in [-0.39, 0.29) is 5.78 Å². The number of fused-ring (bicyclic) bond motifs is 2. The van der Waals surface area contributed by atoms with Gasteiger partial charge in [0.25, 0.3) is 0 Å². The Morgan fingerprint density at radius 1 is 1.09 bits per heavy atom. The molecule has 3 aromatic heterocycles. The van der Waals surface area contributed by atoms with Gasteiger partial charge in [0.2, 0.25) is 5.78 Å². The Morgan fingerprint density at radius 3 is 2.59 bits per heavy atom. The third-order valence-electron chi connectivity index (χ3n) is 5.39. The van der Waals surface area contributed by atoms with Crippen LogP contribution < -0.4 is 0 Å². The molecule has 0 unspecified atom stereocenters. The minimum absolute atomic E-state index is 0.207. The van der Waals surface area contributed by atoms with Gasteiger partial charge >= 0.3 is 0 Å². The SMILES string of the molecule is Cc1c(/C=C(/C#N)c2nc3ccccc3s2)c2ccccn2c1C(=O)c1ccc(F)cc1. The summed E-state index contributed by atoms with van der Waals surface area (Å²) in [5.41, 5.74) is 4.52. The minimum Gasteiger partial charge on any atom is -0.313 e. The number of hydrogen-bond donors (Lipinski definition) is 0. The van der Waals surface area contributed by atoms with Crippen molar-refractivity contribution in [3.63, 3.8) is 0 Å². The lowest BCUT2D eigenvalue weighted by Crippen LogP contribution is -2.06. The zero-order valence-corrected chi connectivity index (χ0v) is 17.9. The number of benzene rings is 2. The number of carbonyl (C=O) groups is 1. The van der Waals surface area contributed by atoms with Crippen molar-refractivity contribution in [2.75, 3.05) is 0 Å². The molecule has 0 spiro atoms. The molecule has 6 heteroatoms. The second kappa shape index (κ2) is 7.88. The number of rotatable bonds is 4. The Kier molecular flexibility index (Phi) is 4.89. The Hall–Kier alpha value is -4.08. The highest BCUT2D eigenvalue weighted by atomic mass is 32.1. The van der Waals surface area contributed by atoms with Crippen LogP contribution in [0.5, 0.6) is 0 Å². The fourth-order valence-corrected chi connectivity index (χ4v) is 4.76. The highest BCUT2D eigenvalue weighted by Crippen LogP contribution is 2.32. The smallest absolute Gasteiger partial charge is 0.210 e.